The Morgan fingerprint density at radius 3 is 1.86 bits per heavy atom. The molecule has 0 saturated carbocycles. The first-order valence-electron chi connectivity index (χ1n) is 8.99. The van der Waals surface area contributed by atoms with Gasteiger partial charge in [-0.15, -0.1) is 0 Å². The van der Waals surface area contributed by atoms with E-state index in [2.05, 4.69) is 20.8 Å². The van der Waals surface area contributed by atoms with Crippen molar-refractivity contribution in [2.24, 2.45) is 0 Å². The minimum absolute atomic E-state index is 0.213. The summed E-state index contributed by atoms with van der Waals surface area (Å²) in [4.78, 5) is 0. The van der Waals surface area contributed by atoms with Gasteiger partial charge in [-0.05, 0) is 26.2 Å². The zero-order chi connectivity index (χ0) is 16.5. The van der Waals surface area contributed by atoms with Gasteiger partial charge in [0.15, 0.2) is 12.6 Å². The van der Waals surface area contributed by atoms with E-state index in [9.17, 15) is 0 Å². The van der Waals surface area contributed by atoms with Crippen molar-refractivity contribution < 1.29 is 18.9 Å². The highest BCUT2D eigenvalue weighted by molar-refractivity contribution is 4.95. The molecule has 132 valence electrons. The van der Waals surface area contributed by atoms with Crippen LogP contribution in [0.3, 0.4) is 0 Å². The maximum absolute atomic E-state index is 5.91. The number of unbranched alkanes of at least 4 members (excludes halogenated alkanes) is 4. The quantitative estimate of drug-likeness (QED) is 0.218. The molecule has 0 aliphatic rings. The Bertz CT molecular complexity index is 264. The molecule has 0 radical (unpaired) electrons. The van der Waals surface area contributed by atoms with Crippen LogP contribution in [0.1, 0.15) is 79.1 Å². The Labute approximate surface area is 137 Å². The fourth-order valence-corrected chi connectivity index (χ4v) is 1.91. The third-order valence-corrected chi connectivity index (χ3v) is 3.19. The lowest BCUT2D eigenvalue weighted by molar-refractivity contribution is -0.0810. The smallest absolute Gasteiger partial charge is 0.321 e. The standard InChI is InChI=1S/C18H36O4/c1-5-9-11-14-20-17(13-7-3)18(22-16-19-8-4)21-15-12-10-6-2/h5-16H2,1-4H3. The van der Waals surface area contributed by atoms with Crippen molar-refractivity contribution in [3.8, 4) is 0 Å². The maximum atomic E-state index is 5.91. The molecule has 0 N–H and O–H groups in total. The molecule has 0 spiro atoms. The van der Waals surface area contributed by atoms with Crippen LogP contribution in [0.4, 0.5) is 0 Å². The summed E-state index contributed by atoms with van der Waals surface area (Å²) < 4.78 is 22.6. The van der Waals surface area contributed by atoms with Gasteiger partial charge in [0.05, 0.1) is 13.2 Å². The number of rotatable bonds is 16. The van der Waals surface area contributed by atoms with Crippen LogP contribution in [0.5, 0.6) is 0 Å². The van der Waals surface area contributed by atoms with E-state index in [1.807, 2.05) is 6.92 Å². The minimum Gasteiger partial charge on any atom is -0.491 e. The molecule has 0 aliphatic heterocycles. The first kappa shape index (κ1) is 21.1. The van der Waals surface area contributed by atoms with E-state index in [1.54, 1.807) is 0 Å². The highest BCUT2D eigenvalue weighted by atomic mass is 16.7. The molecule has 22 heavy (non-hydrogen) atoms. The van der Waals surface area contributed by atoms with E-state index in [-0.39, 0.29) is 6.79 Å². The maximum Gasteiger partial charge on any atom is 0.321 e. The zero-order valence-corrected chi connectivity index (χ0v) is 15.1. The molecular formula is C18H36O4. The van der Waals surface area contributed by atoms with Crippen LogP contribution in [0.25, 0.3) is 0 Å². The molecule has 0 bridgehead atoms. The number of hydrogen-bond acceptors (Lipinski definition) is 4. The summed E-state index contributed by atoms with van der Waals surface area (Å²) in [6.45, 7) is 10.7. The highest BCUT2D eigenvalue weighted by Gasteiger charge is 2.12. The van der Waals surface area contributed by atoms with Crippen molar-refractivity contribution in [2.45, 2.75) is 79.1 Å². The van der Waals surface area contributed by atoms with E-state index in [4.69, 9.17) is 18.9 Å². The van der Waals surface area contributed by atoms with Gasteiger partial charge in [0.2, 0.25) is 0 Å². The van der Waals surface area contributed by atoms with Gasteiger partial charge in [-0.1, -0.05) is 46.5 Å². The number of hydrogen-bond donors (Lipinski definition) is 0. The molecule has 0 fully saturated rings. The second kappa shape index (κ2) is 16.5. The highest BCUT2D eigenvalue weighted by Crippen LogP contribution is 2.17. The molecule has 0 heterocycles. The van der Waals surface area contributed by atoms with Crippen LogP contribution in [-0.4, -0.2) is 26.6 Å². The summed E-state index contributed by atoms with van der Waals surface area (Å²) in [6.07, 6.45) is 8.66. The summed E-state index contributed by atoms with van der Waals surface area (Å²) in [5, 5.41) is 0. The van der Waals surface area contributed by atoms with Gasteiger partial charge in [0.1, 0.15) is 0 Å². The predicted octanol–water partition coefficient (Wildman–Crippen LogP) is 5.38. The Hall–Kier alpha value is -0.900. The van der Waals surface area contributed by atoms with E-state index >= 15 is 0 Å². The number of allylic oxidation sites excluding steroid dienone is 1. The van der Waals surface area contributed by atoms with Gasteiger partial charge in [0.25, 0.3) is 0 Å². The monoisotopic (exact) mass is 316 g/mol. The van der Waals surface area contributed by atoms with Crippen molar-refractivity contribution in [1.82, 2.24) is 0 Å². The lowest BCUT2D eigenvalue weighted by atomic mass is 10.2. The first-order chi connectivity index (χ1) is 10.8. The van der Waals surface area contributed by atoms with Gasteiger partial charge in [-0.2, -0.15) is 0 Å². The van der Waals surface area contributed by atoms with Crippen LogP contribution in [0.2, 0.25) is 0 Å². The lowest BCUT2D eigenvalue weighted by Gasteiger charge is -2.17. The van der Waals surface area contributed by atoms with E-state index < -0.39 is 0 Å². The van der Waals surface area contributed by atoms with E-state index in [1.165, 1.54) is 25.7 Å². The van der Waals surface area contributed by atoms with Crippen molar-refractivity contribution in [3.63, 3.8) is 0 Å². The van der Waals surface area contributed by atoms with Crippen LogP contribution in [-0.2, 0) is 18.9 Å². The summed E-state index contributed by atoms with van der Waals surface area (Å²) in [6, 6.07) is 0. The fraction of sp³-hybridized carbons (Fsp3) is 0.889. The molecular weight excluding hydrogens is 280 g/mol. The molecule has 0 aromatic carbocycles. The van der Waals surface area contributed by atoms with Crippen molar-refractivity contribution >= 4 is 0 Å². The molecule has 0 saturated heterocycles. The molecule has 0 aliphatic carbocycles. The Kier molecular flexibility index (Phi) is 15.8. The van der Waals surface area contributed by atoms with Crippen LogP contribution >= 0.6 is 0 Å². The van der Waals surface area contributed by atoms with Crippen molar-refractivity contribution in [2.75, 3.05) is 26.6 Å². The average Bonchev–Trinajstić information content (AvgIpc) is 2.53. The fourth-order valence-electron chi connectivity index (χ4n) is 1.91. The molecule has 0 rings (SSSR count). The minimum atomic E-state index is 0.213. The van der Waals surface area contributed by atoms with Gasteiger partial charge in [0, 0.05) is 13.0 Å². The third kappa shape index (κ3) is 11.7. The lowest BCUT2D eigenvalue weighted by Crippen LogP contribution is -2.09. The second-order valence-electron chi connectivity index (χ2n) is 5.33. The molecule has 4 nitrogen and oxygen atoms in total. The number of ether oxygens (including phenoxy) is 4. The summed E-state index contributed by atoms with van der Waals surface area (Å²) in [7, 11) is 0. The van der Waals surface area contributed by atoms with Gasteiger partial charge >= 0.3 is 5.95 Å². The average molecular weight is 316 g/mol. The Morgan fingerprint density at radius 1 is 0.682 bits per heavy atom. The van der Waals surface area contributed by atoms with Crippen LogP contribution < -0.4 is 0 Å². The summed E-state index contributed by atoms with van der Waals surface area (Å²) >= 11 is 0. The van der Waals surface area contributed by atoms with Crippen molar-refractivity contribution in [3.05, 3.63) is 11.7 Å². The topological polar surface area (TPSA) is 36.9 Å². The molecule has 0 atom stereocenters. The van der Waals surface area contributed by atoms with Gasteiger partial charge in [-0.3, -0.25) is 0 Å². The molecule has 4 heteroatoms. The zero-order valence-electron chi connectivity index (χ0n) is 15.1. The largest absolute Gasteiger partial charge is 0.491 e. The SMILES string of the molecule is CCCCCOC(CCC)=C(OCCCCC)OCOCC. The molecule has 0 unspecified atom stereocenters. The molecule has 0 amide bonds. The predicted molar refractivity (Wildman–Crippen MR) is 90.5 cm³/mol. The Morgan fingerprint density at radius 2 is 1.32 bits per heavy atom. The second-order valence-corrected chi connectivity index (χ2v) is 5.33. The van der Waals surface area contributed by atoms with E-state index in [0.29, 0.717) is 19.2 Å². The molecule has 0 aromatic heterocycles. The third-order valence-electron chi connectivity index (χ3n) is 3.19. The normalized spacial score (nSPS) is 12.0. The Balaban J connectivity index is 4.54. The van der Waals surface area contributed by atoms with Crippen molar-refractivity contribution in [1.29, 1.82) is 0 Å². The van der Waals surface area contributed by atoms with Crippen LogP contribution in [0, 0.1) is 0 Å². The van der Waals surface area contributed by atoms with Crippen LogP contribution in [0.15, 0.2) is 11.7 Å². The first-order valence-corrected chi connectivity index (χ1v) is 8.99. The van der Waals surface area contributed by atoms with Gasteiger partial charge in [-0.25, -0.2) is 0 Å². The van der Waals surface area contributed by atoms with Gasteiger partial charge < -0.3 is 18.9 Å². The summed E-state index contributed by atoms with van der Waals surface area (Å²) in [5.74, 6) is 1.35. The molecule has 0 aromatic rings. The van der Waals surface area contributed by atoms with E-state index in [0.717, 1.165) is 38.0 Å². The summed E-state index contributed by atoms with van der Waals surface area (Å²) in [5.41, 5.74) is 0.